The van der Waals surface area contributed by atoms with Crippen molar-refractivity contribution in [3.63, 3.8) is 0 Å². The fourth-order valence-corrected chi connectivity index (χ4v) is 3.90. The number of benzene rings is 3. The van der Waals surface area contributed by atoms with Crippen molar-refractivity contribution < 1.29 is 28.2 Å². The highest BCUT2D eigenvalue weighted by atomic mass is 19.1. The predicted octanol–water partition coefficient (Wildman–Crippen LogP) is 5.26. The number of halogens is 1. The van der Waals surface area contributed by atoms with Gasteiger partial charge in [0.05, 0.1) is 30.4 Å². The zero-order valence-electron chi connectivity index (χ0n) is 19.9. The molecule has 8 heteroatoms. The van der Waals surface area contributed by atoms with Gasteiger partial charge in [0.1, 0.15) is 11.5 Å². The van der Waals surface area contributed by atoms with Crippen LogP contribution in [0.5, 0.6) is 0 Å². The second-order valence-corrected chi connectivity index (χ2v) is 7.95. The van der Waals surface area contributed by atoms with Crippen LogP contribution in [0.25, 0.3) is 0 Å². The van der Waals surface area contributed by atoms with E-state index in [2.05, 4.69) is 5.32 Å². The number of carbonyl (C=O) groups excluding carboxylic acids is 3. The van der Waals surface area contributed by atoms with Crippen LogP contribution in [0.4, 0.5) is 15.8 Å². The fourth-order valence-electron chi connectivity index (χ4n) is 3.90. The van der Waals surface area contributed by atoms with Crippen molar-refractivity contribution in [2.75, 3.05) is 23.4 Å². The van der Waals surface area contributed by atoms with Crippen LogP contribution < -0.4 is 10.2 Å². The minimum absolute atomic E-state index is 0.257. The molecule has 0 aliphatic carbocycles. The Morgan fingerprint density at radius 3 is 2.03 bits per heavy atom. The first kappa shape index (κ1) is 24.7. The van der Waals surface area contributed by atoms with E-state index in [1.165, 1.54) is 17.0 Å². The topological polar surface area (TPSA) is 84.9 Å². The first-order valence-electron chi connectivity index (χ1n) is 11.5. The van der Waals surface area contributed by atoms with E-state index >= 15 is 0 Å². The van der Waals surface area contributed by atoms with Gasteiger partial charge in [-0.3, -0.25) is 9.69 Å². The zero-order valence-corrected chi connectivity index (χ0v) is 19.9. The summed E-state index contributed by atoms with van der Waals surface area (Å²) >= 11 is 0. The van der Waals surface area contributed by atoms with Gasteiger partial charge in [0.15, 0.2) is 0 Å². The van der Waals surface area contributed by atoms with Gasteiger partial charge in [0.25, 0.3) is 5.91 Å². The minimum atomic E-state index is -0.581. The first-order valence-corrected chi connectivity index (χ1v) is 11.5. The van der Waals surface area contributed by atoms with Crippen molar-refractivity contribution >= 4 is 29.2 Å². The quantitative estimate of drug-likeness (QED) is 0.435. The molecule has 0 aromatic heterocycles. The maximum Gasteiger partial charge on any atom is 0.338 e. The number of nitrogens with one attached hydrogen (secondary N) is 1. The normalized spacial score (nSPS) is 14.9. The summed E-state index contributed by atoms with van der Waals surface area (Å²) in [6.07, 6.45) is 1.72. The predicted molar refractivity (Wildman–Crippen MR) is 133 cm³/mol. The average Bonchev–Trinajstić information content (AvgIpc) is 3.20. The molecule has 1 heterocycles. The molecule has 1 amide bonds. The molecule has 1 aliphatic heterocycles. The Labute approximate surface area is 208 Å². The van der Waals surface area contributed by atoms with Gasteiger partial charge in [-0.2, -0.15) is 0 Å². The summed E-state index contributed by atoms with van der Waals surface area (Å²) in [6.45, 7) is 3.99. The molecule has 3 aromatic carbocycles. The Morgan fingerprint density at radius 1 is 0.889 bits per heavy atom. The third kappa shape index (κ3) is 5.27. The molecule has 1 N–H and O–H groups in total. The monoisotopic (exact) mass is 488 g/mol. The van der Waals surface area contributed by atoms with E-state index in [0.29, 0.717) is 33.8 Å². The third-order valence-corrected chi connectivity index (χ3v) is 5.57. The van der Waals surface area contributed by atoms with Crippen LogP contribution in [-0.4, -0.2) is 31.1 Å². The molecule has 1 aliphatic rings. The van der Waals surface area contributed by atoms with Gasteiger partial charge >= 0.3 is 11.9 Å². The second kappa shape index (κ2) is 10.9. The van der Waals surface area contributed by atoms with E-state index in [1.54, 1.807) is 80.6 Å². The lowest BCUT2D eigenvalue weighted by Gasteiger charge is -2.25. The summed E-state index contributed by atoms with van der Waals surface area (Å²) in [4.78, 5) is 39.0. The Bertz CT molecular complexity index is 1300. The Morgan fingerprint density at radius 2 is 1.47 bits per heavy atom. The number of ether oxygens (including phenoxy) is 2. The molecule has 0 unspecified atom stereocenters. The van der Waals surface area contributed by atoms with E-state index in [-0.39, 0.29) is 19.1 Å². The number of hydrogen-bond donors (Lipinski definition) is 1. The molecule has 0 saturated heterocycles. The van der Waals surface area contributed by atoms with Crippen LogP contribution in [0.2, 0.25) is 0 Å². The van der Waals surface area contributed by atoms with E-state index < -0.39 is 23.8 Å². The number of carbonyl (C=O) groups is 3. The molecule has 0 saturated carbocycles. The highest BCUT2D eigenvalue weighted by Crippen LogP contribution is 2.36. The molecule has 0 fully saturated rings. The molecule has 36 heavy (non-hydrogen) atoms. The summed E-state index contributed by atoms with van der Waals surface area (Å²) in [5.74, 6) is -1.63. The summed E-state index contributed by atoms with van der Waals surface area (Å²) < 4.78 is 24.1. The van der Waals surface area contributed by atoms with E-state index in [9.17, 15) is 18.8 Å². The maximum absolute atomic E-state index is 14.0. The van der Waals surface area contributed by atoms with Crippen LogP contribution >= 0.6 is 0 Å². The number of nitrogens with zero attached hydrogens (tertiary/aromatic N) is 1. The molecule has 184 valence electrons. The third-order valence-electron chi connectivity index (χ3n) is 5.57. The van der Waals surface area contributed by atoms with Gasteiger partial charge in [0.2, 0.25) is 0 Å². The highest BCUT2D eigenvalue weighted by molar-refractivity contribution is 6.11. The molecule has 0 spiro atoms. The van der Waals surface area contributed by atoms with Gasteiger partial charge < -0.3 is 14.8 Å². The lowest BCUT2D eigenvalue weighted by atomic mass is 10.1. The standard InChI is InChI=1S/C28H25FN2O5/c1-3-35-27(33)18-8-12-22(13-9-18)30-24-17-25(20-6-5-7-21(29)16-20)31(26(24)32)23-14-10-19(11-15-23)28(34)36-4-2/h5-17,25,30H,3-4H2,1-2H3/t25-/m0/s1. The lowest BCUT2D eigenvalue weighted by molar-refractivity contribution is -0.114. The van der Waals surface area contributed by atoms with Crippen LogP contribution in [-0.2, 0) is 14.3 Å². The summed E-state index contributed by atoms with van der Waals surface area (Å²) in [5.41, 5.74) is 2.78. The van der Waals surface area contributed by atoms with E-state index in [0.717, 1.165) is 0 Å². The van der Waals surface area contributed by atoms with E-state index in [1.807, 2.05) is 0 Å². The summed E-state index contributed by atoms with van der Waals surface area (Å²) in [5, 5.41) is 3.10. The number of rotatable bonds is 8. The van der Waals surface area contributed by atoms with Gasteiger partial charge in [-0.1, -0.05) is 12.1 Å². The molecule has 1 atom stereocenters. The Kier molecular flexibility index (Phi) is 7.44. The van der Waals surface area contributed by atoms with E-state index in [4.69, 9.17) is 9.47 Å². The molecular formula is C28H25FN2O5. The number of anilines is 2. The van der Waals surface area contributed by atoms with Gasteiger partial charge in [0, 0.05) is 11.4 Å². The second-order valence-electron chi connectivity index (χ2n) is 7.95. The van der Waals surface area contributed by atoms with Gasteiger partial charge in [-0.15, -0.1) is 0 Å². The number of esters is 2. The van der Waals surface area contributed by atoms with Crippen molar-refractivity contribution in [1.82, 2.24) is 0 Å². The fraction of sp³-hybridized carbons (Fsp3) is 0.179. The van der Waals surface area contributed by atoms with Crippen LogP contribution in [0.3, 0.4) is 0 Å². The molecule has 0 bridgehead atoms. The SMILES string of the molecule is CCOC(=O)c1ccc(NC2=C[C@@H](c3cccc(F)c3)N(c3ccc(C(=O)OCC)cc3)C2=O)cc1. The van der Waals surface area contributed by atoms with Crippen molar-refractivity contribution in [1.29, 1.82) is 0 Å². The van der Waals surface area contributed by atoms with Gasteiger partial charge in [-0.25, -0.2) is 14.0 Å². The lowest BCUT2D eigenvalue weighted by Crippen LogP contribution is -2.30. The average molecular weight is 489 g/mol. The Balaban J connectivity index is 1.63. The van der Waals surface area contributed by atoms with Crippen molar-refractivity contribution in [2.24, 2.45) is 0 Å². The van der Waals surface area contributed by atoms with Crippen molar-refractivity contribution in [3.8, 4) is 0 Å². The zero-order chi connectivity index (χ0) is 25.7. The molecule has 4 rings (SSSR count). The van der Waals surface area contributed by atoms with Crippen molar-refractivity contribution in [3.05, 3.63) is 107 Å². The first-order chi connectivity index (χ1) is 17.4. The van der Waals surface area contributed by atoms with Gasteiger partial charge in [-0.05, 0) is 86.2 Å². The molecule has 0 radical (unpaired) electrons. The summed E-state index contributed by atoms with van der Waals surface area (Å²) in [6, 6.07) is 18.5. The largest absolute Gasteiger partial charge is 0.462 e. The highest BCUT2D eigenvalue weighted by Gasteiger charge is 2.35. The Hall–Kier alpha value is -4.46. The molecule has 3 aromatic rings. The minimum Gasteiger partial charge on any atom is -0.462 e. The number of amides is 1. The van der Waals surface area contributed by atoms with Crippen molar-refractivity contribution in [2.45, 2.75) is 19.9 Å². The number of hydrogen-bond acceptors (Lipinski definition) is 6. The van der Waals surface area contributed by atoms with Crippen LogP contribution in [0, 0.1) is 5.82 Å². The van der Waals surface area contributed by atoms with Crippen LogP contribution in [0.15, 0.2) is 84.6 Å². The van der Waals surface area contributed by atoms with Crippen LogP contribution in [0.1, 0.15) is 46.2 Å². The molecule has 7 nitrogen and oxygen atoms in total. The summed E-state index contributed by atoms with van der Waals surface area (Å²) in [7, 11) is 0. The smallest absolute Gasteiger partial charge is 0.338 e. The maximum atomic E-state index is 14.0. The molecular weight excluding hydrogens is 463 g/mol.